The van der Waals surface area contributed by atoms with Crippen LogP contribution in [0.25, 0.3) is 0 Å². The summed E-state index contributed by atoms with van der Waals surface area (Å²) < 4.78 is 0. The molecule has 0 radical (unpaired) electrons. The summed E-state index contributed by atoms with van der Waals surface area (Å²) in [6.45, 7) is 11.0. The van der Waals surface area contributed by atoms with Gasteiger partial charge in [0.05, 0.1) is 0 Å². The number of hydrogen-bond donors (Lipinski definition) is 1. The van der Waals surface area contributed by atoms with Gasteiger partial charge in [-0.05, 0) is 25.3 Å². The maximum Gasteiger partial charge on any atom is 0.0445 e. The monoisotopic (exact) mass is 199 g/mol. The average molecular weight is 199 g/mol. The quantitative estimate of drug-likeness (QED) is 0.671. The number of rotatable bonds is 5. The number of hydrogen-bond acceptors (Lipinski definition) is 1. The molecule has 0 heterocycles. The SMILES string of the molecule is CC(CNC1CCC1)C[Si](C)(C)C. The highest BCUT2D eigenvalue weighted by Gasteiger charge is 2.20. The summed E-state index contributed by atoms with van der Waals surface area (Å²) in [7, 11) is -0.824. The first-order valence-corrected chi connectivity index (χ1v) is 9.41. The first kappa shape index (κ1) is 11.3. The maximum absolute atomic E-state index is 3.66. The topological polar surface area (TPSA) is 12.0 Å². The fraction of sp³-hybridized carbons (Fsp3) is 1.00. The summed E-state index contributed by atoms with van der Waals surface area (Å²) in [4.78, 5) is 0. The summed E-state index contributed by atoms with van der Waals surface area (Å²) in [6, 6.07) is 2.33. The van der Waals surface area contributed by atoms with Crippen LogP contribution in [-0.4, -0.2) is 20.7 Å². The van der Waals surface area contributed by atoms with E-state index in [0.29, 0.717) is 0 Å². The highest BCUT2D eigenvalue weighted by molar-refractivity contribution is 6.76. The molecule has 1 aliphatic rings. The van der Waals surface area contributed by atoms with Crippen LogP contribution >= 0.6 is 0 Å². The van der Waals surface area contributed by atoms with Gasteiger partial charge in [0.15, 0.2) is 0 Å². The van der Waals surface area contributed by atoms with Gasteiger partial charge in [0.2, 0.25) is 0 Å². The Labute approximate surface area is 84.3 Å². The zero-order valence-electron chi connectivity index (χ0n) is 9.69. The van der Waals surface area contributed by atoms with Crippen LogP contribution in [-0.2, 0) is 0 Å². The zero-order chi connectivity index (χ0) is 9.90. The summed E-state index contributed by atoms with van der Waals surface area (Å²) in [6.07, 6.45) is 4.28. The molecule has 1 nitrogen and oxygen atoms in total. The Kier molecular flexibility index (Phi) is 3.99. The molecule has 0 amide bonds. The van der Waals surface area contributed by atoms with Gasteiger partial charge >= 0.3 is 0 Å². The molecule has 1 unspecified atom stereocenters. The van der Waals surface area contributed by atoms with E-state index < -0.39 is 8.07 Å². The fourth-order valence-corrected chi connectivity index (χ4v) is 4.33. The van der Waals surface area contributed by atoms with Gasteiger partial charge in [-0.25, -0.2) is 0 Å². The summed E-state index contributed by atoms with van der Waals surface area (Å²) in [5.41, 5.74) is 0. The molecule has 0 spiro atoms. The third kappa shape index (κ3) is 4.82. The average Bonchev–Trinajstić information content (AvgIpc) is 1.78. The standard InChI is InChI=1S/C11H25NSi/c1-10(9-13(2,3)4)8-12-11-6-5-7-11/h10-12H,5-9H2,1-4H3. The Morgan fingerprint density at radius 1 is 1.31 bits per heavy atom. The van der Waals surface area contributed by atoms with Crippen molar-refractivity contribution in [2.45, 2.75) is 57.9 Å². The van der Waals surface area contributed by atoms with Gasteiger partial charge in [0.25, 0.3) is 0 Å². The van der Waals surface area contributed by atoms with Crippen molar-refractivity contribution in [3.05, 3.63) is 0 Å². The Morgan fingerprint density at radius 3 is 2.31 bits per heavy atom. The molecule has 0 aromatic rings. The van der Waals surface area contributed by atoms with Crippen LogP contribution in [0.3, 0.4) is 0 Å². The fourth-order valence-electron chi connectivity index (χ4n) is 2.10. The molecule has 0 saturated heterocycles. The minimum Gasteiger partial charge on any atom is -0.314 e. The van der Waals surface area contributed by atoms with Crippen LogP contribution in [0.15, 0.2) is 0 Å². The highest BCUT2D eigenvalue weighted by atomic mass is 28.3. The molecular weight excluding hydrogens is 174 g/mol. The molecule has 1 saturated carbocycles. The molecule has 13 heavy (non-hydrogen) atoms. The third-order valence-electron chi connectivity index (χ3n) is 2.82. The molecule has 1 rings (SSSR count). The largest absolute Gasteiger partial charge is 0.314 e. The summed E-state index contributed by atoms with van der Waals surface area (Å²) in [5, 5.41) is 3.66. The summed E-state index contributed by atoms with van der Waals surface area (Å²) >= 11 is 0. The van der Waals surface area contributed by atoms with Gasteiger partial charge in [-0.3, -0.25) is 0 Å². The van der Waals surface area contributed by atoms with Crippen LogP contribution in [0.1, 0.15) is 26.2 Å². The predicted molar refractivity (Wildman–Crippen MR) is 63.0 cm³/mol. The van der Waals surface area contributed by atoms with E-state index in [-0.39, 0.29) is 0 Å². The molecule has 78 valence electrons. The maximum atomic E-state index is 3.66. The molecule has 1 atom stereocenters. The van der Waals surface area contributed by atoms with Crippen LogP contribution in [0, 0.1) is 5.92 Å². The lowest BCUT2D eigenvalue weighted by Crippen LogP contribution is -2.39. The van der Waals surface area contributed by atoms with Crippen LogP contribution in [0.4, 0.5) is 0 Å². The lowest BCUT2D eigenvalue weighted by Gasteiger charge is -2.29. The minimum atomic E-state index is -0.824. The van der Waals surface area contributed by atoms with Crippen molar-refractivity contribution >= 4 is 8.07 Å². The van der Waals surface area contributed by atoms with Crippen molar-refractivity contribution in [2.24, 2.45) is 5.92 Å². The molecule has 0 aliphatic heterocycles. The van der Waals surface area contributed by atoms with Crippen molar-refractivity contribution in [1.29, 1.82) is 0 Å². The molecule has 1 N–H and O–H groups in total. The molecular formula is C11H25NSi. The van der Waals surface area contributed by atoms with Crippen molar-refractivity contribution in [2.75, 3.05) is 6.54 Å². The van der Waals surface area contributed by atoms with Gasteiger partial charge in [-0.15, -0.1) is 0 Å². The van der Waals surface area contributed by atoms with E-state index in [9.17, 15) is 0 Å². The van der Waals surface area contributed by atoms with Gasteiger partial charge < -0.3 is 5.32 Å². The summed E-state index contributed by atoms with van der Waals surface area (Å²) in [5.74, 6) is 0.882. The van der Waals surface area contributed by atoms with Crippen molar-refractivity contribution in [1.82, 2.24) is 5.32 Å². The second-order valence-electron chi connectivity index (χ2n) is 5.91. The second-order valence-corrected chi connectivity index (χ2v) is 11.4. The Balaban J connectivity index is 2.06. The lowest BCUT2D eigenvalue weighted by molar-refractivity contribution is 0.325. The van der Waals surface area contributed by atoms with E-state index in [1.165, 1.54) is 31.9 Å². The van der Waals surface area contributed by atoms with Gasteiger partial charge in [-0.2, -0.15) is 0 Å². The van der Waals surface area contributed by atoms with E-state index in [0.717, 1.165) is 12.0 Å². The molecule has 2 heteroatoms. The highest BCUT2D eigenvalue weighted by Crippen LogP contribution is 2.20. The first-order chi connectivity index (χ1) is 5.97. The predicted octanol–water partition coefficient (Wildman–Crippen LogP) is 3.10. The van der Waals surface area contributed by atoms with E-state index in [2.05, 4.69) is 31.9 Å². The minimum absolute atomic E-state index is 0.824. The lowest BCUT2D eigenvalue weighted by atomic mass is 9.93. The first-order valence-electron chi connectivity index (χ1n) is 5.71. The normalized spacial score (nSPS) is 21.2. The molecule has 1 fully saturated rings. The van der Waals surface area contributed by atoms with Gasteiger partial charge in [0.1, 0.15) is 0 Å². The second kappa shape index (κ2) is 4.60. The van der Waals surface area contributed by atoms with Gasteiger partial charge in [-0.1, -0.05) is 39.0 Å². The Morgan fingerprint density at radius 2 is 1.92 bits per heavy atom. The Bertz CT molecular complexity index is 147. The molecule has 0 aromatic heterocycles. The molecule has 0 bridgehead atoms. The Hall–Kier alpha value is 0.177. The van der Waals surface area contributed by atoms with E-state index in [1.807, 2.05) is 0 Å². The van der Waals surface area contributed by atoms with Crippen molar-refractivity contribution < 1.29 is 0 Å². The number of nitrogens with one attached hydrogen (secondary N) is 1. The third-order valence-corrected chi connectivity index (χ3v) is 4.74. The smallest absolute Gasteiger partial charge is 0.0445 e. The van der Waals surface area contributed by atoms with Crippen LogP contribution < -0.4 is 5.32 Å². The van der Waals surface area contributed by atoms with E-state index >= 15 is 0 Å². The van der Waals surface area contributed by atoms with Crippen molar-refractivity contribution in [3.8, 4) is 0 Å². The molecule has 0 aromatic carbocycles. The van der Waals surface area contributed by atoms with E-state index in [1.54, 1.807) is 0 Å². The van der Waals surface area contributed by atoms with Crippen LogP contribution in [0.5, 0.6) is 0 Å². The van der Waals surface area contributed by atoms with Crippen LogP contribution in [0.2, 0.25) is 25.7 Å². The molecule has 1 aliphatic carbocycles. The van der Waals surface area contributed by atoms with E-state index in [4.69, 9.17) is 0 Å². The van der Waals surface area contributed by atoms with Crippen molar-refractivity contribution in [3.63, 3.8) is 0 Å². The van der Waals surface area contributed by atoms with Gasteiger partial charge in [0, 0.05) is 14.1 Å². The zero-order valence-corrected chi connectivity index (χ0v) is 10.7.